The molecule has 1 amide bonds. The van der Waals surface area contributed by atoms with E-state index in [1.807, 2.05) is 32.0 Å². The number of benzene rings is 1. The zero-order chi connectivity index (χ0) is 14.8. The average Bonchev–Trinajstić information content (AvgIpc) is 2.77. The quantitative estimate of drug-likeness (QED) is 0.838. The lowest BCUT2D eigenvalue weighted by Crippen LogP contribution is -2.35. The fourth-order valence-electron chi connectivity index (χ4n) is 3.13. The van der Waals surface area contributed by atoms with Crippen molar-refractivity contribution < 1.29 is 14.7 Å². The number of carboxylic acids is 1. The molecule has 4 nitrogen and oxygen atoms in total. The van der Waals surface area contributed by atoms with Crippen molar-refractivity contribution in [2.45, 2.75) is 51.4 Å². The SMILES string of the molecule is CCCC(CCC)(C(=O)O)c1ccc2c(c1)CC(=O)N2. The first-order valence-electron chi connectivity index (χ1n) is 7.20. The molecule has 1 aliphatic rings. The van der Waals surface area contributed by atoms with Crippen molar-refractivity contribution in [2.75, 3.05) is 5.32 Å². The summed E-state index contributed by atoms with van der Waals surface area (Å²) in [4.78, 5) is 23.3. The van der Waals surface area contributed by atoms with Gasteiger partial charge in [-0.15, -0.1) is 0 Å². The van der Waals surface area contributed by atoms with Gasteiger partial charge in [0.2, 0.25) is 5.91 Å². The molecule has 1 aromatic carbocycles. The minimum atomic E-state index is -0.829. The topological polar surface area (TPSA) is 66.4 Å². The third kappa shape index (κ3) is 2.42. The summed E-state index contributed by atoms with van der Waals surface area (Å²) in [7, 11) is 0. The molecular weight excluding hydrogens is 254 g/mol. The Morgan fingerprint density at radius 2 is 1.95 bits per heavy atom. The fourth-order valence-corrected chi connectivity index (χ4v) is 3.13. The van der Waals surface area contributed by atoms with E-state index in [0.717, 1.165) is 29.7 Å². The van der Waals surface area contributed by atoms with Gasteiger partial charge < -0.3 is 10.4 Å². The molecule has 1 heterocycles. The maximum atomic E-state index is 11.9. The van der Waals surface area contributed by atoms with E-state index >= 15 is 0 Å². The van der Waals surface area contributed by atoms with Crippen molar-refractivity contribution in [3.8, 4) is 0 Å². The Morgan fingerprint density at radius 1 is 1.30 bits per heavy atom. The van der Waals surface area contributed by atoms with Crippen LogP contribution in [0.15, 0.2) is 18.2 Å². The van der Waals surface area contributed by atoms with Gasteiger partial charge in [0.15, 0.2) is 0 Å². The summed E-state index contributed by atoms with van der Waals surface area (Å²) in [5.74, 6) is -0.789. The molecule has 0 atom stereocenters. The van der Waals surface area contributed by atoms with Crippen molar-refractivity contribution >= 4 is 17.6 Å². The van der Waals surface area contributed by atoms with Crippen LogP contribution in [0.3, 0.4) is 0 Å². The number of rotatable bonds is 6. The van der Waals surface area contributed by atoms with Crippen LogP contribution in [0.4, 0.5) is 5.69 Å². The normalized spacial score (nSPS) is 14.0. The molecule has 2 N–H and O–H groups in total. The number of aliphatic carboxylic acids is 1. The van der Waals surface area contributed by atoms with Gasteiger partial charge >= 0.3 is 5.97 Å². The van der Waals surface area contributed by atoms with Crippen molar-refractivity contribution in [1.29, 1.82) is 0 Å². The molecule has 0 bridgehead atoms. The van der Waals surface area contributed by atoms with Crippen LogP contribution in [0.5, 0.6) is 0 Å². The van der Waals surface area contributed by atoms with Crippen LogP contribution >= 0.6 is 0 Å². The molecule has 20 heavy (non-hydrogen) atoms. The van der Waals surface area contributed by atoms with Gasteiger partial charge in [-0.2, -0.15) is 0 Å². The monoisotopic (exact) mass is 275 g/mol. The summed E-state index contributed by atoms with van der Waals surface area (Å²) in [5.41, 5.74) is 1.71. The predicted molar refractivity (Wildman–Crippen MR) is 77.9 cm³/mol. The number of nitrogens with one attached hydrogen (secondary N) is 1. The molecule has 0 saturated carbocycles. The molecule has 0 radical (unpaired) electrons. The zero-order valence-corrected chi connectivity index (χ0v) is 12.0. The molecule has 0 aliphatic carbocycles. The lowest BCUT2D eigenvalue weighted by atomic mass is 9.73. The number of carbonyl (C=O) groups is 2. The van der Waals surface area contributed by atoms with Gasteiger partial charge in [0.05, 0.1) is 11.8 Å². The summed E-state index contributed by atoms with van der Waals surface area (Å²) < 4.78 is 0. The molecule has 0 spiro atoms. The van der Waals surface area contributed by atoms with E-state index in [4.69, 9.17) is 0 Å². The number of carbonyl (C=O) groups excluding carboxylic acids is 1. The molecule has 0 unspecified atom stereocenters. The van der Waals surface area contributed by atoms with Crippen LogP contribution in [0, 0.1) is 0 Å². The molecule has 108 valence electrons. The van der Waals surface area contributed by atoms with Crippen LogP contribution in [0.2, 0.25) is 0 Å². The number of anilines is 1. The van der Waals surface area contributed by atoms with Crippen LogP contribution in [0.25, 0.3) is 0 Å². The van der Waals surface area contributed by atoms with E-state index in [-0.39, 0.29) is 5.91 Å². The summed E-state index contributed by atoms with van der Waals surface area (Å²) in [6.45, 7) is 4.01. The maximum Gasteiger partial charge on any atom is 0.314 e. The smallest absolute Gasteiger partial charge is 0.314 e. The highest BCUT2D eigenvalue weighted by molar-refractivity contribution is 5.99. The Labute approximate surface area is 119 Å². The Morgan fingerprint density at radius 3 is 2.50 bits per heavy atom. The molecule has 0 saturated heterocycles. The number of carboxylic acid groups (broad SMARTS) is 1. The van der Waals surface area contributed by atoms with Gasteiger partial charge in [-0.25, -0.2) is 0 Å². The van der Waals surface area contributed by atoms with Crippen molar-refractivity contribution in [2.24, 2.45) is 0 Å². The van der Waals surface area contributed by atoms with E-state index < -0.39 is 11.4 Å². The predicted octanol–water partition coefficient (Wildman–Crippen LogP) is 3.10. The molecule has 0 fully saturated rings. The second-order valence-electron chi connectivity index (χ2n) is 5.48. The highest BCUT2D eigenvalue weighted by Gasteiger charge is 2.39. The van der Waals surface area contributed by atoms with Crippen molar-refractivity contribution in [1.82, 2.24) is 0 Å². The van der Waals surface area contributed by atoms with E-state index in [2.05, 4.69) is 5.32 Å². The summed E-state index contributed by atoms with van der Waals surface area (Å²) >= 11 is 0. The Balaban J connectivity index is 2.46. The van der Waals surface area contributed by atoms with Gasteiger partial charge in [-0.05, 0) is 30.0 Å². The molecule has 1 aromatic rings. The second kappa shape index (κ2) is 5.65. The lowest BCUT2D eigenvalue weighted by molar-refractivity contribution is -0.144. The second-order valence-corrected chi connectivity index (χ2v) is 5.48. The number of amides is 1. The van der Waals surface area contributed by atoms with Crippen LogP contribution < -0.4 is 5.32 Å². The minimum Gasteiger partial charge on any atom is -0.481 e. The van der Waals surface area contributed by atoms with Crippen molar-refractivity contribution in [3.63, 3.8) is 0 Å². The first-order valence-corrected chi connectivity index (χ1v) is 7.20. The van der Waals surface area contributed by atoms with Crippen LogP contribution in [0.1, 0.15) is 50.7 Å². The molecular formula is C16H21NO3. The molecule has 4 heteroatoms. The van der Waals surface area contributed by atoms with E-state index in [9.17, 15) is 14.7 Å². The Hall–Kier alpha value is -1.84. The average molecular weight is 275 g/mol. The zero-order valence-electron chi connectivity index (χ0n) is 12.0. The first kappa shape index (κ1) is 14.6. The highest BCUT2D eigenvalue weighted by Crippen LogP contribution is 2.37. The highest BCUT2D eigenvalue weighted by atomic mass is 16.4. The van der Waals surface area contributed by atoms with Gasteiger partial charge in [-0.3, -0.25) is 9.59 Å². The molecule has 2 rings (SSSR count). The minimum absolute atomic E-state index is 0.0240. The summed E-state index contributed by atoms with van der Waals surface area (Å²) in [5, 5.41) is 12.5. The van der Waals surface area contributed by atoms with Crippen molar-refractivity contribution in [3.05, 3.63) is 29.3 Å². The maximum absolute atomic E-state index is 11.9. The summed E-state index contributed by atoms with van der Waals surface area (Å²) in [6, 6.07) is 5.58. The standard InChI is InChI=1S/C16H21NO3/c1-3-7-16(8-4-2,15(19)20)12-5-6-13-11(9-12)10-14(18)17-13/h5-6,9H,3-4,7-8,10H2,1-2H3,(H,17,18)(H,19,20). The van der Waals surface area contributed by atoms with Crippen LogP contribution in [-0.2, 0) is 21.4 Å². The Bertz CT molecular complexity index is 531. The molecule has 0 aromatic heterocycles. The fraction of sp³-hybridized carbons (Fsp3) is 0.500. The number of fused-ring (bicyclic) bond motifs is 1. The van der Waals surface area contributed by atoms with Gasteiger partial charge in [0.1, 0.15) is 0 Å². The van der Waals surface area contributed by atoms with Crippen LogP contribution in [-0.4, -0.2) is 17.0 Å². The lowest BCUT2D eigenvalue weighted by Gasteiger charge is -2.30. The first-order chi connectivity index (χ1) is 9.53. The molecule has 1 aliphatic heterocycles. The number of hydrogen-bond acceptors (Lipinski definition) is 2. The Kier molecular flexibility index (Phi) is 4.12. The van der Waals surface area contributed by atoms with Gasteiger partial charge in [-0.1, -0.05) is 38.8 Å². The largest absolute Gasteiger partial charge is 0.481 e. The van der Waals surface area contributed by atoms with E-state index in [0.29, 0.717) is 19.3 Å². The summed E-state index contributed by atoms with van der Waals surface area (Å²) in [6.07, 6.45) is 3.23. The third-order valence-electron chi connectivity index (χ3n) is 4.05. The third-order valence-corrected chi connectivity index (χ3v) is 4.05. The van der Waals surface area contributed by atoms with E-state index in [1.165, 1.54) is 0 Å². The number of hydrogen-bond donors (Lipinski definition) is 2. The van der Waals surface area contributed by atoms with E-state index in [1.54, 1.807) is 0 Å². The van der Waals surface area contributed by atoms with Gasteiger partial charge in [0.25, 0.3) is 0 Å². The van der Waals surface area contributed by atoms with Gasteiger partial charge in [0, 0.05) is 5.69 Å².